The van der Waals surface area contributed by atoms with Gasteiger partial charge in [0.15, 0.2) is 5.13 Å². The highest BCUT2D eigenvalue weighted by Crippen LogP contribution is 2.25. The van der Waals surface area contributed by atoms with Crippen molar-refractivity contribution in [1.82, 2.24) is 4.98 Å². The minimum absolute atomic E-state index is 0.286. The number of hydrogen-bond acceptors (Lipinski definition) is 4. The highest BCUT2D eigenvalue weighted by atomic mass is 32.1. The van der Waals surface area contributed by atoms with E-state index in [1.165, 1.54) is 11.3 Å². The fourth-order valence-electron chi connectivity index (χ4n) is 1.05. The van der Waals surface area contributed by atoms with Gasteiger partial charge in [-0.25, -0.2) is 4.98 Å². The van der Waals surface area contributed by atoms with E-state index in [1.54, 1.807) is 6.92 Å². The molecule has 0 saturated carbocycles. The number of amides is 1. The zero-order valence-electron chi connectivity index (χ0n) is 9.92. The predicted octanol–water partition coefficient (Wildman–Crippen LogP) is 2.64. The molecule has 1 unspecified atom stereocenters. The number of aromatic nitrogens is 1. The molecule has 0 aromatic carbocycles. The maximum Gasteiger partial charge on any atom is 0.246 e. The van der Waals surface area contributed by atoms with Gasteiger partial charge >= 0.3 is 0 Å². The average Bonchev–Trinajstić information content (AvgIpc) is 2.56. The van der Waals surface area contributed by atoms with E-state index in [0.717, 1.165) is 10.6 Å². The van der Waals surface area contributed by atoms with Crippen LogP contribution < -0.4 is 5.32 Å². The van der Waals surface area contributed by atoms with Gasteiger partial charge in [0, 0.05) is 4.88 Å². The quantitative estimate of drug-likeness (QED) is 0.878. The van der Waals surface area contributed by atoms with E-state index in [9.17, 15) is 4.79 Å². The lowest BCUT2D eigenvalue weighted by molar-refractivity contribution is -0.122. The molecule has 0 aliphatic rings. The van der Waals surface area contributed by atoms with Crippen LogP contribution in [0.1, 0.15) is 30.8 Å². The zero-order chi connectivity index (χ0) is 12.3. The Hall–Kier alpha value is -1.41. The first-order valence-corrected chi connectivity index (χ1v) is 5.91. The standard InChI is InChI=1S/C11H15N3OS/c1-5-11(4,6-12)9(15)14-10-13-7(2)8(3)16-10/h5H2,1-4H3,(H,13,14,15). The third-order valence-electron chi connectivity index (χ3n) is 2.70. The number of carbonyl (C=O) groups is 1. The van der Waals surface area contributed by atoms with E-state index in [1.807, 2.05) is 26.8 Å². The molecule has 1 amide bonds. The Bertz CT molecular complexity index is 427. The third-order valence-corrected chi connectivity index (χ3v) is 3.69. The van der Waals surface area contributed by atoms with Gasteiger partial charge in [-0.15, -0.1) is 11.3 Å². The SMILES string of the molecule is CCC(C)(C#N)C(=O)Nc1nc(C)c(C)s1. The topological polar surface area (TPSA) is 65.8 Å². The highest BCUT2D eigenvalue weighted by molar-refractivity contribution is 7.15. The number of nitrogens with zero attached hydrogens (tertiary/aromatic N) is 2. The van der Waals surface area contributed by atoms with E-state index in [-0.39, 0.29) is 5.91 Å². The number of carbonyl (C=O) groups excluding carboxylic acids is 1. The van der Waals surface area contributed by atoms with Gasteiger partial charge in [-0.3, -0.25) is 4.79 Å². The van der Waals surface area contributed by atoms with Gasteiger partial charge in [-0.1, -0.05) is 6.92 Å². The summed E-state index contributed by atoms with van der Waals surface area (Å²) in [5, 5.41) is 12.2. The summed E-state index contributed by atoms with van der Waals surface area (Å²) >= 11 is 1.43. The molecule has 0 fully saturated rings. The number of hydrogen-bond donors (Lipinski definition) is 1. The van der Waals surface area contributed by atoms with Crippen molar-refractivity contribution < 1.29 is 4.79 Å². The van der Waals surface area contributed by atoms with Crippen LogP contribution in [0.5, 0.6) is 0 Å². The first-order chi connectivity index (χ1) is 7.42. The van der Waals surface area contributed by atoms with E-state index in [4.69, 9.17) is 5.26 Å². The fraction of sp³-hybridized carbons (Fsp3) is 0.545. The molecule has 1 aromatic heterocycles. The first-order valence-electron chi connectivity index (χ1n) is 5.09. The van der Waals surface area contributed by atoms with Gasteiger partial charge in [0.05, 0.1) is 11.8 Å². The summed E-state index contributed by atoms with van der Waals surface area (Å²) in [5.41, 5.74) is -0.0662. The van der Waals surface area contributed by atoms with Crippen LogP contribution in [0, 0.1) is 30.6 Å². The van der Waals surface area contributed by atoms with Gasteiger partial charge in [0.1, 0.15) is 5.41 Å². The van der Waals surface area contributed by atoms with E-state index in [0.29, 0.717) is 11.6 Å². The zero-order valence-corrected chi connectivity index (χ0v) is 10.7. The van der Waals surface area contributed by atoms with Gasteiger partial charge in [0.2, 0.25) is 5.91 Å². The lowest BCUT2D eigenvalue weighted by atomic mass is 9.88. The summed E-state index contributed by atoms with van der Waals surface area (Å²) in [6, 6.07) is 2.03. The van der Waals surface area contributed by atoms with Gasteiger partial charge in [-0.05, 0) is 27.2 Å². The van der Waals surface area contributed by atoms with Gasteiger partial charge in [0.25, 0.3) is 0 Å². The molecular weight excluding hydrogens is 222 g/mol. The Morgan fingerprint density at radius 2 is 2.25 bits per heavy atom. The molecular formula is C11H15N3OS. The van der Waals surface area contributed by atoms with Crippen molar-refractivity contribution in [2.24, 2.45) is 5.41 Å². The Kier molecular flexibility index (Phi) is 3.66. The van der Waals surface area contributed by atoms with Gasteiger partial charge in [-0.2, -0.15) is 5.26 Å². The normalized spacial score (nSPS) is 13.9. The van der Waals surface area contributed by atoms with E-state index < -0.39 is 5.41 Å². The van der Waals surface area contributed by atoms with Crippen LogP contribution in [0.25, 0.3) is 0 Å². The Balaban J connectivity index is 2.83. The van der Waals surface area contributed by atoms with Crippen molar-refractivity contribution >= 4 is 22.4 Å². The van der Waals surface area contributed by atoms with Crippen LogP contribution in [0.15, 0.2) is 0 Å². The van der Waals surface area contributed by atoms with Crippen LogP contribution in [0.2, 0.25) is 0 Å². The van der Waals surface area contributed by atoms with E-state index in [2.05, 4.69) is 10.3 Å². The minimum Gasteiger partial charge on any atom is -0.301 e. The smallest absolute Gasteiger partial charge is 0.246 e. The monoisotopic (exact) mass is 237 g/mol. The number of nitrogens with one attached hydrogen (secondary N) is 1. The second-order valence-electron chi connectivity index (χ2n) is 3.91. The average molecular weight is 237 g/mol. The Morgan fingerprint density at radius 1 is 1.62 bits per heavy atom. The number of aryl methyl sites for hydroxylation is 2. The summed E-state index contributed by atoms with van der Waals surface area (Å²) in [6.45, 7) is 7.30. The third kappa shape index (κ3) is 2.39. The molecule has 1 heterocycles. The summed E-state index contributed by atoms with van der Waals surface area (Å²) in [7, 11) is 0. The summed E-state index contributed by atoms with van der Waals surface area (Å²) in [4.78, 5) is 17.1. The lowest BCUT2D eigenvalue weighted by Crippen LogP contribution is -2.31. The molecule has 1 aromatic rings. The maximum atomic E-state index is 11.9. The van der Waals surface area contributed by atoms with Crippen LogP contribution in [-0.2, 0) is 4.79 Å². The Labute approximate surface area is 99.3 Å². The molecule has 4 nitrogen and oxygen atoms in total. The van der Waals surface area contributed by atoms with Crippen molar-refractivity contribution in [2.45, 2.75) is 34.1 Å². The number of anilines is 1. The predicted molar refractivity (Wildman–Crippen MR) is 64.2 cm³/mol. The first kappa shape index (κ1) is 12.7. The van der Waals surface area contributed by atoms with Crippen molar-refractivity contribution in [3.8, 4) is 6.07 Å². The van der Waals surface area contributed by atoms with Crippen molar-refractivity contribution in [3.63, 3.8) is 0 Å². The molecule has 1 N–H and O–H groups in total. The van der Waals surface area contributed by atoms with Crippen LogP contribution in [0.3, 0.4) is 0 Å². The maximum absolute atomic E-state index is 11.9. The van der Waals surface area contributed by atoms with Crippen molar-refractivity contribution in [2.75, 3.05) is 5.32 Å². The van der Waals surface area contributed by atoms with Crippen molar-refractivity contribution in [1.29, 1.82) is 5.26 Å². The largest absolute Gasteiger partial charge is 0.301 e. The second kappa shape index (κ2) is 4.62. The summed E-state index contributed by atoms with van der Waals surface area (Å²) in [5.74, 6) is -0.286. The molecule has 5 heteroatoms. The molecule has 0 aliphatic carbocycles. The summed E-state index contributed by atoms with van der Waals surface area (Å²) < 4.78 is 0. The Morgan fingerprint density at radius 3 is 2.62 bits per heavy atom. The molecule has 86 valence electrons. The highest BCUT2D eigenvalue weighted by Gasteiger charge is 2.31. The fourth-order valence-corrected chi connectivity index (χ4v) is 1.86. The number of rotatable bonds is 3. The molecule has 1 rings (SSSR count). The van der Waals surface area contributed by atoms with Crippen LogP contribution in [-0.4, -0.2) is 10.9 Å². The molecule has 0 aliphatic heterocycles. The minimum atomic E-state index is -0.979. The van der Waals surface area contributed by atoms with Crippen molar-refractivity contribution in [3.05, 3.63) is 10.6 Å². The molecule has 1 atom stereocenters. The molecule has 0 bridgehead atoms. The molecule has 16 heavy (non-hydrogen) atoms. The van der Waals surface area contributed by atoms with Crippen LogP contribution >= 0.6 is 11.3 Å². The lowest BCUT2D eigenvalue weighted by Gasteiger charge is -2.17. The summed E-state index contributed by atoms with van der Waals surface area (Å²) in [6.07, 6.45) is 0.485. The molecule has 0 radical (unpaired) electrons. The number of nitriles is 1. The second-order valence-corrected chi connectivity index (χ2v) is 5.12. The van der Waals surface area contributed by atoms with Crippen LogP contribution in [0.4, 0.5) is 5.13 Å². The molecule has 0 spiro atoms. The number of thiazole rings is 1. The van der Waals surface area contributed by atoms with E-state index >= 15 is 0 Å². The molecule has 0 saturated heterocycles. The van der Waals surface area contributed by atoms with Gasteiger partial charge < -0.3 is 5.32 Å².